The fraction of sp³-hybridized carbons (Fsp3) is 0.286. The van der Waals surface area contributed by atoms with Crippen molar-refractivity contribution in [1.82, 2.24) is 14.5 Å². The van der Waals surface area contributed by atoms with E-state index in [-0.39, 0.29) is 28.5 Å². The number of benzene rings is 2. The van der Waals surface area contributed by atoms with Gasteiger partial charge in [-0.25, -0.2) is 13.8 Å². The van der Waals surface area contributed by atoms with Crippen LogP contribution in [0.2, 0.25) is 5.02 Å². The van der Waals surface area contributed by atoms with Crippen LogP contribution < -0.4 is 16.6 Å². The fourth-order valence-electron chi connectivity index (χ4n) is 3.08. The highest BCUT2D eigenvalue weighted by Gasteiger charge is 2.23. The van der Waals surface area contributed by atoms with Gasteiger partial charge in [-0.15, -0.1) is 0 Å². The summed E-state index contributed by atoms with van der Waals surface area (Å²) in [6, 6.07) is 8.58. The molecule has 29 heavy (non-hydrogen) atoms. The van der Waals surface area contributed by atoms with Crippen LogP contribution in [0.15, 0.2) is 52.1 Å². The van der Waals surface area contributed by atoms with Gasteiger partial charge in [0.05, 0.1) is 16.6 Å². The molecule has 1 amide bonds. The fourth-order valence-corrected chi connectivity index (χ4v) is 3.24. The lowest BCUT2D eigenvalue weighted by Gasteiger charge is -2.21. The lowest BCUT2D eigenvalue weighted by Crippen LogP contribution is -2.45. The highest BCUT2D eigenvalue weighted by Crippen LogP contribution is 2.20. The molecule has 152 valence electrons. The Morgan fingerprint density at radius 1 is 1.14 bits per heavy atom. The zero-order chi connectivity index (χ0) is 21.3. The van der Waals surface area contributed by atoms with Crippen LogP contribution in [-0.2, 0) is 4.79 Å². The molecule has 0 spiro atoms. The van der Waals surface area contributed by atoms with Crippen molar-refractivity contribution in [2.24, 2.45) is 0 Å². The topological polar surface area (TPSA) is 73.1 Å². The van der Waals surface area contributed by atoms with Crippen molar-refractivity contribution in [1.29, 1.82) is 0 Å². The SMILES string of the molecule is CC[C@H](C)NC(=O)[C@@H](C)n1c(=O)n(-c2ccc(F)cc2)c(=O)c2ccc(Cl)cc21. The van der Waals surface area contributed by atoms with Crippen LogP contribution in [0.3, 0.4) is 0 Å². The Kier molecular flexibility index (Phi) is 5.88. The first-order valence-electron chi connectivity index (χ1n) is 9.27. The molecular weight excluding hydrogens is 397 g/mol. The number of rotatable bonds is 5. The third kappa shape index (κ3) is 3.96. The van der Waals surface area contributed by atoms with E-state index in [2.05, 4.69) is 5.32 Å². The van der Waals surface area contributed by atoms with Gasteiger partial charge in [0.1, 0.15) is 11.9 Å². The average Bonchev–Trinajstić information content (AvgIpc) is 2.69. The predicted molar refractivity (Wildman–Crippen MR) is 111 cm³/mol. The van der Waals surface area contributed by atoms with Gasteiger partial charge >= 0.3 is 5.69 Å². The lowest BCUT2D eigenvalue weighted by molar-refractivity contribution is -0.124. The summed E-state index contributed by atoms with van der Waals surface area (Å²) in [5, 5.41) is 3.40. The zero-order valence-electron chi connectivity index (χ0n) is 16.3. The van der Waals surface area contributed by atoms with E-state index >= 15 is 0 Å². The Bertz CT molecular complexity index is 1180. The van der Waals surface area contributed by atoms with E-state index in [4.69, 9.17) is 11.6 Å². The molecule has 0 aliphatic heterocycles. The minimum atomic E-state index is -0.898. The number of nitrogens with one attached hydrogen (secondary N) is 1. The summed E-state index contributed by atoms with van der Waals surface area (Å²) in [4.78, 5) is 39.1. The van der Waals surface area contributed by atoms with Crippen LogP contribution >= 0.6 is 11.6 Å². The van der Waals surface area contributed by atoms with Crippen molar-refractivity contribution in [2.75, 3.05) is 0 Å². The Morgan fingerprint density at radius 3 is 2.41 bits per heavy atom. The van der Waals surface area contributed by atoms with Crippen LogP contribution in [0.4, 0.5) is 4.39 Å². The third-order valence-electron chi connectivity index (χ3n) is 4.90. The molecule has 0 bridgehead atoms. The summed E-state index contributed by atoms with van der Waals surface area (Å²) < 4.78 is 15.5. The van der Waals surface area contributed by atoms with Crippen molar-refractivity contribution in [2.45, 2.75) is 39.3 Å². The minimum absolute atomic E-state index is 0.0708. The molecule has 8 heteroatoms. The number of nitrogens with zero attached hydrogens (tertiary/aromatic N) is 2. The van der Waals surface area contributed by atoms with Crippen molar-refractivity contribution in [3.8, 4) is 5.69 Å². The van der Waals surface area contributed by atoms with Crippen LogP contribution in [0, 0.1) is 5.82 Å². The molecule has 3 rings (SSSR count). The second kappa shape index (κ2) is 8.21. The molecule has 1 heterocycles. The standard InChI is InChI=1S/C21H21ClFN3O3/c1-4-12(2)24-19(27)13(3)25-18-11-14(22)5-10-17(18)20(28)26(21(25)29)16-8-6-15(23)7-9-16/h5-13H,4H2,1-3H3,(H,24,27)/t12-,13+/m0/s1. The van der Waals surface area contributed by atoms with Crippen molar-refractivity contribution >= 4 is 28.4 Å². The van der Waals surface area contributed by atoms with Gasteiger partial charge in [0.25, 0.3) is 5.56 Å². The second-order valence-electron chi connectivity index (χ2n) is 6.92. The van der Waals surface area contributed by atoms with Crippen LogP contribution in [-0.4, -0.2) is 21.1 Å². The van der Waals surface area contributed by atoms with Gasteiger partial charge < -0.3 is 5.32 Å². The van der Waals surface area contributed by atoms with E-state index in [0.717, 1.165) is 23.1 Å². The largest absolute Gasteiger partial charge is 0.352 e. The molecule has 2 atom stereocenters. The lowest BCUT2D eigenvalue weighted by atomic mass is 10.2. The molecule has 0 saturated heterocycles. The summed E-state index contributed by atoms with van der Waals surface area (Å²) in [6.07, 6.45) is 0.731. The quantitative estimate of drug-likeness (QED) is 0.691. The number of halogens is 2. The Labute approximate surface area is 171 Å². The maximum Gasteiger partial charge on any atom is 0.336 e. The number of hydrogen-bond acceptors (Lipinski definition) is 3. The van der Waals surface area contributed by atoms with E-state index in [0.29, 0.717) is 5.02 Å². The van der Waals surface area contributed by atoms with Gasteiger partial charge in [-0.2, -0.15) is 0 Å². The molecule has 1 N–H and O–H groups in total. The molecule has 3 aromatic rings. The highest BCUT2D eigenvalue weighted by molar-refractivity contribution is 6.31. The van der Waals surface area contributed by atoms with Crippen LogP contribution in [0.1, 0.15) is 33.2 Å². The minimum Gasteiger partial charge on any atom is -0.352 e. The molecule has 0 unspecified atom stereocenters. The zero-order valence-corrected chi connectivity index (χ0v) is 17.0. The number of aromatic nitrogens is 2. The maximum atomic E-state index is 13.3. The average molecular weight is 418 g/mol. The number of carbonyl (C=O) groups excluding carboxylic acids is 1. The molecule has 6 nitrogen and oxygen atoms in total. The molecule has 0 saturated carbocycles. The number of hydrogen-bond donors (Lipinski definition) is 1. The first kappa shape index (κ1) is 20.8. The number of carbonyl (C=O) groups is 1. The summed E-state index contributed by atoms with van der Waals surface area (Å²) in [5.74, 6) is -0.844. The maximum absolute atomic E-state index is 13.3. The monoisotopic (exact) mass is 417 g/mol. The molecule has 0 radical (unpaired) electrons. The van der Waals surface area contributed by atoms with Crippen molar-refractivity contribution in [3.05, 3.63) is 74.1 Å². The Balaban J connectivity index is 2.31. The first-order valence-corrected chi connectivity index (χ1v) is 9.65. The number of fused-ring (bicyclic) bond motifs is 1. The Hall–Kier alpha value is -2.93. The van der Waals surface area contributed by atoms with E-state index in [1.54, 1.807) is 13.0 Å². The molecule has 0 aliphatic rings. The van der Waals surface area contributed by atoms with Gasteiger partial charge in [-0.05, 0) is 62.7 Å². The van der Waals surface area contributed by atoms with Gasteiger partial charge in [-0.1, -0.05) is 18.5 Å². The summed E-state index contributed by atoms with van der Waals surface area (Å²) in [5.41, 5.74) is -0.804. The Morgan fingerprint density at radius 2 is 1.79 bits per heavy atom. The molecule has 2 aromatic carbocycles. The van der Waals surface area contributed by atoms with Gasteiger partial charge in [-0.3, -0.25) is 14.2 Å². The normalized spacial score (nSPS) is 13.3. The molecule has 0 aliphatic carbocycles. The van der Waals surface area contributed by atoms with Crippen LogP contribution in [0.25, 0.3) is 16.6 Å². The van der Waals surface area contributed by atoms with E-state index in [9.17, 15) is 18.8 Å². The first-order chi connectivity index (χ1) is 13.7. The summed E-state index contributed by atoms with van der Waals surface area (Å²) in [6.45, 7) is 5.38. The summed E-state index contributed by atoms with van der Waals surface area (Å²) in [7, 11) is 0. The van der Waals surface area contributed by atoms with Crippen molar-refractivity contribution < 1.29 is 9.18 Å². The highest BCUT2D eigenvalue weighted by atomic mass is 35.5. The van der Waals surface area contributed by atoms with Crippen LogP contribution in [0.5, 0.6) is 0 Å². The second-order valence-corrected chi connectivity index (χ2v) is 7.36. The third-order valence-corrected chi connectivity index (χ3v) is 5.14. The smallest absolute Gasteiger partial charge is 0.336 e. The van der Waals surface area contributed by atoms with Crippen molar-refractivity contribution in [3.63, 3.8) is 0 Å². The van der Waals surface area contributed by atoms with Gasteiger partial charge in [0.15, 0.2) is 0 Å². The molecule has 1 aromatic heterocycles. The van der Waals surface area contributed by atoms with E-state index in [1.807, 2.05) is 13.8 Å². The number of amides is 1. The molecular formula is C21H21ClFN3O3. The molecule has 0 fully saturated rings. The predicted octanol–water partition coefficient (Wildman–Crippen LogP) is 3.42. The van der Waals surface area contributed by atoms with Gasteiger partial charge in [0, 0.05) is 11.1 Å². The van der Waals surface area contributed by atoms with E-state index < -0.39 is 23.1 Å². The van der Waals surface area contributed by atoms with E-state index in [1.165, 1.54) is 28.8 Å². The van der Waals surface area contributed by atoms with Gasteiger partial charge in [0.2, 0.25) is 5.91 Å². The summed E-state index contributed by atoms with van der Waals surface area (Å²) >= 11 is 6.09.